The molecule has 0 heterocycles. The Morgan fingerprint density at radius 2 is 2.00 bits per heavy atom. The first kappa shape index (κ1) is 9.21. The van der Waals surface area contributed by atoms with Crippen LogP contribution in [0.2, 0.25) is 0 Å². The Kier molecular flexibility index (Phi) is 3.48. The third-order valence-corrected chi connectivity index (χ3v) is 2.38. The van der Waals surface area contributed by atoms with Gasteiger partial charge in [0.2, 0.25) is 0 Å². The number of aliphatic hydroxyl groups is 1. The summed E-state index contributed by atoms with van der Waals surface area (Å²) in [6, 6.07) is 0.768. The minimum atomic E-state index is 0.194. The molecule has 56 valence electrons. The smallest absolute Gasteiger partial charge is 0.154 e. The molecule has 0 saturated carbocycles. The van der Waals surface area contributed by atoms with Gasteiger partial charge in [-0.05, 0) is 6.92 Å². The summed E-state index contributed by atoms with van der Waals surface area (Å²) in [5, 5.41) is 8.73. The molecule has 0 bridgehead atoms. The van der Waals surface area contributed by atoms with Crippen molar-refractivity contribution in [3.05, 3.63) is 0 Å². The van der Waals surface area contributed by atoms with Crippen LogP contribution in [0.15, 0.2) is 0 Å². The molecule has 0 aromatic rings. The van der Waals surface area contributed by atoms with Crippen molar-refractivity contribution >= 4 is 11.6 Å². The normalized spacial score (nSPS) is 15.7. The monoisotopic (exact) mass is 152 g/mol. The molecule has 3 heteroatoms. The van der Waals surface area contributed by atoms with Crippen molar-refractivity contribution in [2.75, 3.05) is 26.7 Å². The van der Waals surface area contributed by atoms with Crippen molar-refractivity contribution in [2.45, 2.75) is 13.0 Å². The quantitative estimate of drug-likeness (QED) is 0.358. The molecule has 0 saturated heterocycles. The van der Waals surface area contributed by atoms with Crippen molar-refractivity contribution in [1.29, 1.82) is 0 Å². The van der Waals surface area contributed by atoms with Gasteiger partial charge in [-0.1, -0.05) is 11.6 Å². The summed E-state index contributed by atoms with van der Waals surface area (Å²) in [6.07, 6.45) is 0. The highest BCUT2D eigenvalue weighted by Crippen LogP contribution is 2.06. The fraction of sp³-hybridized carbons (Fsp3) is 1.00. The molecule has 0 rings (SSSR count). The van der Waals surface area contributed by atoms with Gasteiger partial charge in [0.15, 0.2) is 6.00 Å². The molecule has 0 amide bonds. The zero-order chi connectivity index (χ0) is 7.49. The second-order valence-electron chi connectivity index (χ2n) is 2.93. The van der Waals surface area contributed by atoms with Gasteiger partial charge in [-0.2, -0.15) is 0 Å². The summed E-state index contributed by atoms with van der Waals surface area (Å²) in [5.74, 6) is 0. The molecule has 0 aliphatic rings. The highest BCUT2D eigenvalue weighted by Gasteiger charge is 2.20. The van der Waals surface area contributed by atoms with Crippen molar-refractivity contribution in [1.82, 2.24) is 0 Å². The van der Waals surface area contributed by atoms with Crippen LogP contribution in [0.5, 0.6) is 0 Å². The molecule has 0 aliphatic heterocycles. The van der Waals surface area contributed by atoms with Crippen LogP contribution >= 0.6 is 11.6 Å². The summed E-state index contributed by atoms with van der Waals surface area (Å²) in [6.45, 7) is 2.17. The van der Waals surface area contributed by atoms with Gasteiger partial charge in [0.05, 0.1) is 20.7 Å². The maximum atomic E-state index is 8.73. The highest BCUT2D eigenvalue weighted by atomic mass is 35.5. The molecular formula is C6H15ClNO+. The van der Waals surface area contributed by atoms with E-state index in [4.69, 9.17) is 16.7 Å². The van der Waals surface area contributed by atoms with E-state index in [-0.39, 0.29) is 12.6 Å². The first-order valence-electron chi connectivity index (χ1n) is 3.04. The second kappa shape index (κ2) is 3.40. The summed E-state index contributed by atoms with van der Waals surface area (Å²) in [5.41, 5.74) is 0. The molecule has 0 radical (unpaired) electrons. The Morgan fingerprint density at radius 3 is 2.11 bits per heavy atom. The Labute approximate surface area is 61.6 Å². The van der Waals surface area contributed by atoms with Crippen molar-refractivity contribution in [3.8, 4) is 0 Å². The zero-order valence-corrected chi connectivity index (χ0v) is 7.02. The number of rotatable bonds is 3. The zero-order valence-electron chi connectivity index (χ0n) is 6.26. The third-order valence-electron chi connectivity index (χ3n) is 1.77. The van der Waals surface area contributed by atoms with E-state index in [1.165, 1.54) is 0 Å². The molecule has 9 heavy (non-hydrogen) atoms. The van der Waals surface area contributed by atoms with Crippen molar-refractivity contribution < 1.29 is 9.59 Å². The fourth-order valence-corrected chi connectivity index (χ4v) is 0.574. The van der Waals surface area contributed by atoms with Gasteiger partial charge in [-0.3, -0.25) is 0 Å². The molecular weight excluding hydrogens is 138 g/mol. The van der Waals surface area contributed by atoms with E-state index in [0.29, 0.717) is 10.5 Å². The number of hydrogen-bond donors (Lipinski definition) is 1. The van der Waals surface area contributed by atoms with Crippen LogP contribution in [0.4, 0.5) is 0 Å². The first-order chi connectivity index (χ1) is 4.04. The molecule has 1 unspecified atom stereocenters. The predicted octanol–water partition coefficient (Wildman–Crippen LogP) is 0.640. The third kappa shape index (κ3) is 2.52. The Hall–Kier alpha value is 0.210. The molecule has 1 atom stereocenters. The lowest BCUT2D eigenvalue weighted by atomic mass is 10.3. The van der Waals surface area contributed by atoms with Crippen LogP contribution in [-0.4, -0.2) is 42.3 Å². The van der Waals surface area contributed by atoms with Gasteiger partial charge < -0.3 is 9.59 Å². The van der Waals surface area contributed by atoms with Gasteiger partial charge in [-0.15, -0.1) is 0 Å². The summed E-state index contributed by atoms with van der Waals surface area (Å²) in [7, 11) is 3.99. The van der Waals surface area contributed by atoms with Gasteiger partial charge in [-0.25, -0.2) is 0 Å². The van der Waals surface area contributed by atoms with Gasteiger partial charge in [0.1, 0.15) is 6.04 Å². The van der Waals surface area contributed by atoms with E-state index in [1.54, 1.807) is 0 Å². The molecule has 0 fully saturated rings. The van der Waals surface area contributed by atoms with Gasteiger partial charge in [0.25, 0.3) is 0 Å². The van der Waals surface area contributed by atoms with Crippen molar-refractivity contribution in [3.63, 3.8) is 0 Å². The Morgan fingerprint density at radius 1 is 1.56 bits per heavy atom. The van der Waals surface area contributed by atoms with Crippen LogP contribution in [-0.2, 0) is 0 Å². The van der Waals surface area contributed by atoms with Crippen LogP contribution in [0.25, 0.3) is 0 Å². The van der Waals surface area contributed by atoms with E-state index in [2.05, 4.69) is 0 Å². The van der Waals surface area contributed by atoms with Crippen LogP contribution in [0, 0.1) is 0 Å². The number of hydrogen-bond acceptors (Lipinski definition) is 1. The van der Waals surface area contributed by atoms with Crippen LogP contribution < -0.4 is 0 Å². The number of halogens is 1. The lowest BCUT2D eigenvalue weighted by Gasteiger charge is -2.32. The number of likely N-dealkylation sites (N-methyl/N-ethyl adjacent to an activating group) is 1. The maximum absolute atomic E-state index is 8.73. The van der Waals surface area contributed by atoms with E-state index in [1.807, 2.05) is 21.0 Å². The molecule has 0 spiro atoms. The number of nitrogens with zero attached hydrogens (tertiary/aromatic N) is 1. The SMILES string of the molecule is CC(CO)[N+](C)(C)CCl. The van der Waals surface area contributed by atoms with E-state index >= 15 is 0 Å². The standard InChI is InChI=1S/C6H15ClNO/c1-6(4-9)8(2,3)5-7/h6,9H,4-5H2,1-3H3/q+1. The second-order valence-corrected chi connectivity index (χ2v) is 3.17. The van der Waals surface area contributed by atoms with Crippen LogP contribution in [0.1, 0.15) is 6.92 Å². The number of alkyl halides is 1. The number of aliphatic hydroxyl groups excluding tert-OH is 1. The topological polar surface area (TPSA) is 20.2 Å². The average Bonchev–Trinajstić information content (AvgIpc) is 1.86. The fourth-order valence-electron chi connectivity index (χ4n) is 0.339. The Balaban J connectivity index is 3.80. The largest absolute Gasteiger partial charge is 0.390 e. The summed E-state index contributed by atoms with van der Waals surface area (Å²) >= 11 is 5.63. The Bertz CT molecular complexity index is 85.1. The highest BCUT2D eigenvalue weighted by molar-refractivity contribution is 6.16. The van der Waals surface area contributed by atoms with Crippen molar-refractivity contribution in [2.24, 2.45) is 0 Å². The summed E-state index contributed by atoms with van der Waals surface area (Å²) < 4.78 is 0.665. The number of quaternary nitrogens is 1. The lowest BCUT2D eigenvalue weighted by molar-refractivity contribution is -0.902. The minimum Gasteiger partial charge on any atom is -0.390 e. The van der Waals surface area contributed by atoms with E-state index in [0.717, 1.165) is 0 Å². The molecule has 0 aromatic carbocycles. The lowest BCUT2D eigenvalue weighted by Crippen LogP contribution is -2.48. The first-order valence-corrected chi connectivity index (χ1v) is 3.57. The summed E-state index contributed by atoms with van der Waals surface area (Å²) in [4.78, 5) is 0. The predicted molar refractivity (Wildman–Crippen MR) is 39.4 cm³/mol. The minimum absolute atomic E-state index is 0.194. The van der Waals surface area contributed by atoms with Gasteiger partial charge >= 0.3 is 0 Å². The van der Waals surface area contributed by atoms with E-state index in [9.17, 15) is 0 Å². The molecule has 1 N–H and O–H groups in total. The van der Waals surface area contributed by atoms with Crippen LogP contribution in [0.3, 0.4) is 0 Å². The molecule has 0 aromatic heterocycles. The molecule has 0 aliphatic carbocycles. The van der Waals surface area contributed by atoms with E-state index < -0.39 is 0 Å². The molecule has 2 nitrogen and oxygen atoms in total. The van der Waals surface area contributed by atoms with Gasteiger partial charge in [0, 0.05) is 0 Å². The average molecular weight is 153 g/mol. The maximum Gasteiger partial charge on any atom is 0.154 e.